The van der Waals surface area contributed by atoms with E-state index in [9.17, 15) is 10.2 Å². The van der Waals surface area contributed by atoms with Crippen LogP contribution in [-0.4, -0.2) is 48.8 Å². The number of hydrogen-bond donors (Lipinski definition) is 2. The fraction of sp³-hybridized carbons (Fsp3) is 1.00. The summed E-state index contributed by atoms with van der Waals surface area (Å²) in [6, 6.07) is 0. The molecule has 1 unspecified atom stereocenters. The summed E-state index contributed by atoms with van der Waals surface area (Å²) in [5, 5.41) is 20.5. The second kappa shape index (κ2) is 5.00. The van der Waals surface area contributed by atoms with Gasteiger partial charge in [-0.05, 0) is 25.7 Å². The van der Waals surface area contributed by atoms with Crippen LogP contribution in [0.3, 0.4) is 0 Å². The molecule has 0 amide bonds. The fourth-order valence-electron chi connectivity index (χ4n) is 3.00. The zero-order chi connectivity index (χ0) is 11.5. The van der Waals surface area contributed by atoms with Crippen LogP contribution in [0.1, 0.15) is 32.1 Å². The Bertz CT molecular complexity index is 215. The molecule has 0 aromatic heterocycles. The van der Waals surface area contributed by atoms with Crippen molar-refractivity contribution in [1.82, 2.24) is 0 Å². The molecule has 2 fully saturated rings. The molecule has 4 heteroatoms. The van der Waals surface area contributed by atoms with Crippen LogP contribution in [0.15, 0.2) is 0 Å². The summed E-state index contributed by atoms with van der Waals surface area (Å²) in [4.78, 5) is 0. The quantitative estimate of drug-likeness (QED) is 0.733. The van der Waals surface area contributed by atoms with Gasteiger partial charge in [0, 0.05) is 38.3 Å². The van der Waals surface area contributed by atoms with Gasteiger partial charge >= 0.3 is 0 Å². The zero-order valence-electron chi connectivity index (χ0n) is 9.78. The van der Waals surface area contributed by atoms with Crippen LogP contribution in [0.25, 0.3) is 0 Å². The Hall–Kier alpha value is -0.160. The van der Waals surface area contributed by atoms with Crippen molar-refractivity contribution in [3.8, 4) is 0 Å². The molecule has 0 radical (unpaired) electrons. The smallest absolute Gasteiger partial charge is 0.0750 e. The van der Waals surface area contributed by atoms with E-state index in [4.69, 9.17) is 9.47 Å². The van der Waals surface area contributed by atoms with Gasteiger partial charge in [0.2, 0.25) is 0 Å². The van der Waals surface area contributed by atoms with Crippen molar-refractivity contribution < 1.29 is 19.7 Å². The Kier molecular flexibility index (Phi) is 3.85. The van der Waals surface area contributed by atoms with Gasteiger partial charge in [-0.3, -0.25) is 0 Å². The molecule has 2 N–H and O–H groups in total. The van der Waals surface area contributed by atoms with Crippen molar-refractivity contribution in [1.29, 1.82) is 0 Å². The third-order valence-corrected chi connectivity index (χ3v) is 4.28. The third kappa shape index (κ3) is 2.12. The van der Waals surface area contributed by atoms with Crippen molar-refractivity contribution >= 4 is 0 Å². The molecule has 0 aliphatic carbocycles. The maximum atomic E-state index is 10.8. The van der Waals surface area contributed by atoms with Gasteiger partial charge in [-0.2, -0.15) is 0 Å². The lowest BCUT2D eigenvalue weighted by atomic mass is 9.64. The monoisotopic (exact) mass is 230 g/mol. The van der Waals surface area contributed by atoms with E-state index in [0.717, 1.165) is 32.3 Å². The van der Waals surface area contributed by atoms with E-state index in [1.165, 1.54) is 0 Å². The van der Waals surface area contributed by atoms with E-state index in [1.54, 1.807) is 0 Å². The molecule has 1 atom stereocenters. The number of aliphatic hydroxyl groups excluding tert-OH is 1. The second-order valence-electron chi connectivity index (χ2n) is 5.05. The Morgan fingerprint density at radius 1 is 0.875 bits per heavy atom. The minimum atomic E-state index is -0.776. The summed E-state index contributed by atoms with van der Waals surface area (Å²) >= 11 is 0. The summed E-state index contributed by atoms with van der Waals surface area (Å²) in [5.41, 5.74) is -1.15. The molecular formula is C12H22O4. The van der Waals surface area contributed by atoms with Crippen LogP contribution in [0.5, 0.6) is 0 Å². The first-order valence-corrected chi connectivity index (χ1v) is 6.21. The first kappa shape index (κ1) is 12.3. The molecular weight excluding hydrogens is 208 g/mol. The Morgan fingerprint density at radius 3 is 2.19 bits per heavy atom. The molecule has 2 heterocycles. The molecule has 94 valence electrons. The molecule has 2 aliphatic rings. The maximum absolute atomic E-state index is 10.8. The van der Waals surface area contributed by atoms with Crippen LogP contribution in [0.2, 0.25) is 0 Å². The van der Waals surface area contributed by atoms with Crippen LogP contribution < -0.4 is 0 Å². The van der Waals surface area contributed by atoms with E-state index < -0.39 is 5.60 Å². The molecule has 0 aromatic carbocycles. The van der Waals surface area contributed by atoms with Gasteiger partial charge in [-0.1, -0.05) is 0 Å². The van der Waals surface area contributed by atoms with Crippen molar-refractivity contribution in [3.63, 3.8) is 0 Å². The summed E-state index contributed by atoms with van der Waals surface area (Å²) in [7, 11) is 0. The summed E-state index contributed by atoms with van der Waals surface area (Å²) in [5.74, 6) is 0. The van der Waals surface area contributed by atoms with Gasteiger partial charge in [-0.15, -0.1) is 0 Å². The van der Waals surface area contributed by atoms with E-state index >= 15 is 0 Å². The average Bonchev–Trinajstić information content (AvgIpc) is 2.56. The number of hydrogen-bond acceptors (Lipinski definition) is 4. The first-order valence-electron chi connectivity index (χ1n) is 6.21. The molecule has 0 spiro atoms. The lowest BCUT2D eigenvalue weighted by Gasteiger charge is -2.48. The van der Waals surface area contributed by atoms with Gasteiger partial charge in [-0.25, -0.2) is 0 Å². The minimum absolute atomic E-state index is 0.0485. The number of ether oxygens (including phenoxy) is 2. The molecule has 0 bridgehead atoms. The summed E-state index contributed by atoms with van der Waals surface area (Å²) in [6.07, 6.45) is 3.74. The van der Waals surface area contributed by atoms with Gasteiger partial charge in [0.15, 0.2) is 0 Å². The van der Waals surface area contributed by atoms with Gasteiger partial charge in [0.25, 0.3) is 0 Å². The standard InChI is InChI=1S/C12H22O4/c13-10-11(3-7-16-8-4-11)12(14)2-1-6-15-9-5-12/h13-14H,1-10H2. The topological polar surface area (TPSA) is 58.9 Å². The average molecular weight is 230 g/mol. The largest absolute Gasteiger partial charge is 0.396 e. The summed E-state index contributed by atoms with van der Waals surface area (Å²) < 4.78 is 10.7. The molecule has 16 heavy (non-hydrogen) atoms. The molecule has 2 rings (SSSR count). The Balaban J connectivity index is 2.16. The fourth-order valence-corrected chi connectivity index (χ4v) is 3.00. The van der Waals surface area contributed by atoms with Crippen LogP contribution in [-0.2, 0) is 9.47 Å². The highest BCUT2D eigenvalue weighted by Gasteiger charge is 2.50. The van der Waals surface area contributed by atoms with Crippen molar-refractivity contribution in [2.45, 2.75) is 37.7 Å². The van der Waals surface area contributed by atoms with Crippen molar-refractivity contribution in [2.75, 3.05) is 33.0 Å². The molecule has 0 saturated carbocycles. The molecule has 0 aromatic rings. The third-order valence-electron chi connectivity index (χ3n) is 4.28. The van der Waals surface area contributed by atoms with Gasteiger partial charge < -0.3 is 19.7 Å². The molecule has 4 nitrogen and oxygen atoms in total. The normalized spacial score (nSPS) is 35.6. The number of rotatable bonds is 2. The lowest BCUT2D eigenvalue weighted by Crippen LogP contribution is -2.53. The predicted molar refractivity (Wildman–Crippen MR) is 59.2 cm³/mol. The van der Waals surface area contributed by atoms with E-state index in [-0.39, 0.29) is 12.0 Å². The Morgan fingerprint density at radius 2 is 1.50 bits per heavy atom. The summed E-state index contributed by atoms with van der Waals surface area (Å²) in [6.45, 7) is 2.65. The van der Waals surface area contributed by atoms with Crippen molar-refractivity contribution in [3.05, 3.63) is 0 Å². The zero-order valence-corrected chi connectivity index (χ0v) is 9.78. The highest BCUT2D eigenvalue weighted by Crippen LogP contribution is 2.45. The van der Waals surface area contributed by atoms with Crippen LogP contribution in [0, 0.1) is 5.41 Å². The van der Waals surface area contributed by atoms with Crippen LogP contribution >= 0.6 is 0 Å². The highest BCUT2D eigenvalue weighted by atomic mass is 16.5. The molecule has 2 saturated heterocycles. The second-order valence-corrected chi connectivity index (χ2v) is 5.05. The maximum Gasteiger partial charge on any atom is 0.0750 e. The van der Waals surface area contributed by atoms with E-state index in [0.29, 0.717) is 26.2 Å². The minimum Gasteiger partial charge on any atom is -0.396 e. The first-order chi connectivity index (χ1) is 7.72. The highest BCUT2D eigenvalue weighted by molar-refractivity contribution is 5.00. The predicted octanol–water partition coefficient (Wildman–Crippen LogP) is 0.707. The molecule has 2 aliphatic heterocycles. The lowest BCUT2D eigenvalue weighted by molar-refractivity contribution is -0.160. The van der Waals surface area contributed by atoms with Crippen LogP contribution in [0.4, 0.5) is 0 Å². The van der Waals surface area contributed by atoms with Gasteiger partial charge in [0.1, 0.15) is 0 Å². The number of aliphatic hydroxyl groups is 2. The Labute approximate surface area is 96.6 Å². The van der Waals surface area contributed by atoms with Crippen molar-refractivity contribution in [2.24, 2.45) is 5.41 Å². The SMILES string of the molecule is OCC1(C2(O)CCCOCC2)CCOCC1. The van der Waals surface area contributed by atoms with E-state index in [2.05, 4.69) is 0 Å². The van der Waals surface area contributed by atoms with E-state index in [1.807, 2.05) is 0 Å². The van der Waals surface area contributed by atoms with Gasteiger partial charge in [0.05, 0.1) is 12.2 Å².